The number of piperidine rings is 1. The van der Waals surface area contributed by atoms with E-state index in [0.717, 1.165) is 37.2 Å². The average Bonchev–Trinajstić information content (AvgIpc) is 2.42. The van der Waals surface area contributed by atoms with Crippen molar-refractivity contribution in [2.45, 2.75) is 25.8 Å². The van der Waals surface area contributed by atoms with Gasteiger partial charge in [0.25, 0.3) is 0 Å². The molecule has 4 nitrogen and oxygen atoms in total. The molecule has 3 N–H and O–H groups in total. The van der Waals surface area contributed by atoms with E-state index in [2.05, 4.69) is 5.32 Å². The lowest BCUT2D eigenvalue weighted by atomic mass is 10.1. The summed E-state index contributed by atoms with van der Waals surface area (Å²) < 4.78 is 0. The van der Waals surface area contributed by atoms with Gasteiger partial charge in [-0.25, -0.2) is 0 Å². The molecule has 0 bridgehead atoms. The van der Waals surface area contributed by atoms with Crippen LogP contribution in [0.25, 0.3) is 0 Å². The Kier molecular flexibility index (Phi) is 4.59. The van der Waals surface area contributed by atoms with Crippen molar-refractivity contribution in [3.05, 3.63) is 29.8 Å². The molecule has 1 fully saturated rings. The van der Waals surface area contributed by atoms with Gasteiger partial charge in [-0.3, -0.25) is 4.79 Å². The van der Waals surface area contributed by atoms with Gasteiger partial charge in [-0.15, -0.1) is 0 Å². The van der Waals surface area contributed by atoms with Crippen LogP contribution in [-0.2, 0) is 11.3 Å². The second kappa shape index (κ2) is 6.40. The number of nitrogens with two attached hydrogens (primary N) is 1. The fourth-order valence-electron chi connectivity index (χ4n) is 2.25. The Bertz CT molecular complexity index is 400. The quantitative estimate of drug-likeness (QED) is 0.790. The summed E-state index contributed by atoms with van der Waals surface area (Å²) >= 11 is 0. The van der Waals surface area contributed by atoms with E-state index in [0.29, 0.717) is 13.1 Å². The van der Waals surface area contributed by atoms with Gasteiger partial charge in [0, 0.05) is 25.3 Å². The lowest BCUT2D eigenvalue weighted by Crippen LogP contribution is -2.41. The van der Waals surface area contributed by atoms with Crippen LogP contribution < -0.4 is 11.1 Å². The standard InChI is InChI=1S/C14H21N3O/c15-13-7-3-2-6-12(13)10-16-11-14(18)17-8-4-1-5-9-17/h2-3,6-7,16H,1,4-5,8-11,15H2. The molecule has 18 heavy (non-hydrogen) atoms. The largest absolute Gasteiger partial charge is 0.398 e. The zero-order chi connectivity index (χ0) is 12.8. The Hall–Kier alpha value is -1.55. The molecule has 1 aromatic carbocycles. The predicted molar refractivity (Wildman–Crippen MR) is 73.0 cm³/mol. The first kappa shape index (κ1) is 12.9. The van der Waals surface area contributed by atoms with Crippen molar-refractivity contribution < 1.29 is 4.79 Å². The first-order valence-electron chi connectivity index (χ1n) is 6.59. The van der Waals surface area contributed by atoms with Crippen LogP contribution in [-0.4, -0.2) is 30.4 Å². The first-order chi connectivity index (χ1) is 8.77. The van der Waals surface area contributed by atoms with Crippen LogP contribution in [0.15, 0.2) is 24.3 Å². The molecule has 0 aromatic heterocycles. The molecule has 1 aliphatic rings. The van der Waals surface area contributed by atoms with Crippen molar-refractivity contribution in [1.82, 2.24) is 10.2 Å². The SMILES string of the molecule is Nc1ccccc1CNCC(=O)N1CCCCC1. The van der Waals surface area contributed by atoms with Crippen molar-refractivity contribution in [2.24, 2.45) is 0 Å². The number of carbonyl (C=O) groups excluding carboxylic acids is 1. The van der Waals surface area contributed by atoms with Crippen LogP contribution in [0.3, 0.4) is 0 Å². The number of para-hydroxylation sites is 1. The number of nitrogens with one attached hydrogen (secondary N) is 1. The number of anilines is 1. The Labute approximate surface area is 108 Å². The van der Waals surface area contributed by atoms with E-state index in [1.807, 2.05) is 29.2 Å². The summed E-state index contributed by atoms with van der Waals surface area (Å²) in [6, 6.07) is 7.73. The molecular weight excluding hydrogens is 226 g/mol. The molecule has 4 heteroatoms. The van der Waals surface area contributed by atoms with Gasteiger partial charge in [0.1, 0.15) is 0 Å². The van der Waals surface area contributed by atoms with E-state index < -0.39 is 0 Å². The molecule has 0 spiro atoms. The van der Waals surface area contributed by atoms with Crippen molar-refractivity contribution >= 4 is 11.6 Å². The maximum Gasteiger partial charge on any atom is 0.236 e. The van der Waals surface area contributed by atoms with Crippen LogP contribution in [0, 0.1) is 0 Å². The van der Waals surface area contributed by atoms with E-state index >= 15 is 0 Å². The van der Waals surface area contributed by atoms with Crippen LogP contribution in [0.2, 0.25) is 0 Å². The minimum atomic E-state index is 0.198. The molecule has 1 aromatic rings. The lowest BCUT2D eigenvalue weighted by molar-refractivity contribution is -0.131. The Morgan fingerprint density at radius 2 is 1.94 bits per heavy atom. The van der Waals surface area contributed by atoms with E-state index in [-0.39, 0.29) is 5.91 Å². The molecule has 0 aliphatic carbocycles. The Morgan fingerprint density at radius 1 is 1.22 bits per heavy atom. The second-order valence-electron chi connectivity index (χ2n) is 4.74. The number of hydrogen-bond donors (Lipinski definition) is 2. The van der Waals surface area contributed by atoms with Crippen LogP contribution >= 0.6 is 0 Å². The summed E-state index contributed by atoms with van der Waals surface area (Å²) in [5.74, 6) is 0.198. The van der Waals surface area contributed by atoms with Crippen molar-refractivity contribution in [3.8, 4) is 0 Å². The van der Waals surface area contributed by atoms with E-state index in [4.69, 9.17) is 5.73 Å². The smallest absolute Gasteiger partial charge is 0.236 e. The number of rotatable bonds is 4. The molecule has 98 valence electrons. The third-order valence-corrected chi connectivity index (χ3v) is 3.36. The van der Waals surface area contributed by atoms with Crippen molar-refractivity contribution in [2.75, 3.05) is 25.4 Å². The highest BCUT2D eigenvalue weighted by atomic mass is 16.2. The molecule has 0 unspecified atom stereocenters. The maximum absolute atomic E-state index is 11.9. The molecule has 0 atom stereocenters. The molecule has 2 rings (SSSR count). The minimum Gasteiger partial charge on any atom is -0.398 e. The molecule has 1 heterocycles. The second-order valence-corrected chi connectivity index (χ2v) is 4.74. The van der Waals surface area contributed by atoms with Gasteiger partial charge >= 0.3 is 0 Å². The summed E-state index contributed by atoms with van der Waals surface area (Å²) in [6.45, 7) is 2.86. The zero-order valence-corrected chi connectivity index (χ0v) is 10.7. The zero-order valence-electron chi connectivity index (χ0n) is 10.7. The maximum atomic E-state index is 11.9. The molecule has 0 saturated carbocycles. The Balaban J connectivity index is 1.75. The van der Waals surface area contributed by atoms with Crippen LogP contribution in [0.5, 0.6) is 0 Å². The average molecular weight is 247 g/mol. The van der Waals surface area contributed by atoms with Gasteiger partial charge in [0.2, 0.25) is 5.91 Å². The van der Waals surface area contributed by atoms with E-state index in [1.165, 1.54) is 6.42 Å². The third kappa shape index (κ3) is 3.47. The highest BCUT2D eigenvalue weighted by Crippen LogP contribution is 2.10. The summed E-state index contributed by atoms with van der Waals surface area (Å²) in [5, 5.41) is 3.17. The van der Waals surface area contributed by atoms with Gasteiger partial charge in [0.15, 0.2) is 0 Å². The predicted octanol–water partition coefficient (Wildman–Crippen LogP) is 1.37. The lowest BCUT2D eigenvalue weighted by Gasteiger charge is -2.26. The first-order valence-corrected chi connectivity index (χ1v) is 6.59. The van der Waals surface area contributed by atoms with Crippen LogP contribution in [0.1, 0.15) is 24.8 Å². The summed E-state index contributed by atoms with van der Waals surface area (Å²) in [7, 11) is 0. The third-order valence-electron chi connectivity index (χ3n) is 3.36. The van der Waals surface area contributed by atoms with Gasteiger partial charge in [-0.1, -0.05) is 18.2 Å². The number of carbonyl (C=O) groups is 1. The van der Waals surface area contributed by atoms with Crippen molar-refractivity contribution in [3.63, 3.8) is 0 Å². The van der Waals surface area contributed by atoms with E-state index in [9.17, 15) is 4.79 Å². The van der Waals surface area contributed by atoms with E-state index in [1.54, 1.807) is 0 Å². The number of likely N-dealkylation sites (tertiary alicyclic amines) is 1. The number of nitrogens with zero attached hydrogens (tertiary/aromatic N) is 1. The summed E-state index contributed by atoms with van der Waals surface area (Å²) in [6.07, 6.45) is 3.52. The number of benzene rings is 1. The summed E-state index contributed by atoms with van der Waals surface area (Å²) in [4.78, 5) is 13.9. The number of amides is 1. The fraction of sp³-hybridized carbons (Fsp3) is 0.500. The normalized spacial score (nSPS) is 15.7. The fourth-order valence-corrected chi connectivity index (χ4v) is 2.25. The molecular formula is C14H21N3O. The van der Waals surface area contributed by atoms with Crippen LogP contribution in [0.4, 0.5) is 5.69 Å². The van der Waals surface area contributed by atoms with Gasteiger partial charge in [0.05, 0.1) is 6.54 Å². The topological polar surface area (TPSA) is 58.4 Å². The number of nitrogen functional groups attached to an aromatic ring is 1. The molecule has 1 saturated heterocycles. The van der Waals surface area contributed by atoms with Gasteiger partial charge < -0.3 is 16.0 Å². The summed E-state index contributed by atoms with van der Waals surface area (Å²) in [5.41, 5.74) is 7.66. The monoisotopic (exact) mass is 247 g/mol. The van der Waals surface area contributed by atoms with Gasteiger partial charge in [-0.2, -0.15) is 0 Å². The van der Waals surface area contributed by atoms with Crippen molar-refractivity contribution in [1.29, 1.82) is 0 Å². The minimum absolute atomic E-state index is 0.198. The molecule has 1 aliphatic heterocycles. The van der Waals surface area contributed by atoms with Gasteiger partial charge in [-0.05, 0) is 30.9 Å². The highest BCUT2D eigenvalue weighted by molar-refractivity contribution is 5.78. The molecule has 1 amide bonds. The Morgan fingerprint density at radius 3 is 2.67 bits per heavy atom. The number of hydrogen-bond acceptors (Lipinski definition) is 3. The highest BCUT2D eigenvalue weighted by Gasteiger charge is 2.15. The molecule has 0 radical (unpaired) electrons.